The van der Waals surface area contributed by atoms with Crippen molar-refractivity contribution in [3.8, 4) is 0 Å². The maximum atomic E-state index is 10.6. The molecule has 3 atom stereocenters. The van der Waals surface area contributed by atoms with Crippen molar-refractivity contribution in [1.82, 2.24) is 0 Å². The van der Waals surface area contributed by atoms with E-state index in [0.29, 0.717) is 5.92 Å². The fourth-order valence-corrected chi connectivity index (χ4v) is 2.32. The summed E-state index contributed by atoms with van der Waals surface area (Å²) in [6.45, 7) is 0. The topological polar surface area (TPSA) is 46.5 Å². The van der Waals surface area contributed by atoms with Gasteiger partial charge in [0.25, 0.3) is 0 Å². The lowest BCUT2D eigenvalue weighted by Crippen LogP contribution is -2.22. The van der Waals surface area contributed by atoms with Crippen LogP contribution in [0.25, 0.3) is 0 Å². The van der Waals surface area contributed by atoms with E-state index in [2.05, 4.69) is 0 Å². The number of carbonyl (C=O) groups is 1. The molecule has 12 heavy (non-hydrogen) atoms. The standard InChI is InChI=1S/C9H14O3/c10-9(11)8-5-6-3-1-2-4-7(6)12-8/h6-8H,1-5H2,(H,10,11). The van der Waals surface area contributed by atoms with Crippen molar-refractivity contribution < 1.29 is 14.6 Å². The Morgan fingerprint density at radius 2 is 2.08 bits per heavy atom. The minimum atomic E-state index is -0.788. The maximum absolute atomic E-state index is 10.6. The van der Waals surface area contributed by atoms with Crippen LogP contribution in [0.5, 0.6) is 0 Å². The summed E-state index contributed by atoms with van der Waals surface area (Å²) in [4.78, 5) is 10.6. The van der Waals surface area contributed by atoms with E-state index in [1.165, 1.54) is 12.8 Å². The lowest BCUT2D eigenvalue weighted by Gasteiger charge is -2.22. The largest absolute Gasteiger partial charge is 0.479 e. The molecule has 1 aliphatic carbocycles. The number of fused-ring (bicyclic) bond motifs is 1. The van der Waals surface area contributed by atoms with Crippen molar-refractivity contribution in [2.45, 2.75) is 44.3 Å². The van der Waals surface area contributed by atoms with Crippen LogP contribution in [-0.4, -0.2) is 23.3 Å². The smallest absolute Gasteiger partial charge is 0.332 e. The average molecular weight is 170 g/mol. The van der Waals surface area contributed by atoms with E-state index in [0.717, 1.165) is 19.3 Å². The molecule has 1 heterocycles. The van der Waals surface area contributed by atoms with E-state index in [-0.39, 0.29) is 6.10 Å². The van der Waals surface area contributed by atoms with Crippen LogP contribution < -0.4 is 0 Å². The first-order chi connectivity index (χ1) is 5.77. The summed E-state index contributed by atoms with van der Waals surface area (Å²) < 4.78 is 5.43. The Labute approximate surface area is 71.7 Å². The number of aliphatic carboxylic acids is 1. The quantitative estimate of drug-likeness (QED) is 0.647. The first-order valence-corrected chi connectivity index (χ1v) is 4.65. The zero-order chi connectivity index (χ0) is 8.55. The van der Waals surface area contributed by atoms with Crippen LogP contribution in [0.15, 0.2) is 0 Å². The minimum Gasteiger partial charge on any atom is -0.479 e. The first kappa shape index (κ1) is 8.05. The monoisotopic (exact) mass is 170 g/mol. The molecule has 1 saturated heterocycles. The highest BCUT2D eigenvalue weighted by Crippen LogP contribution is 2.37. The van der Waals surface area contributed by atoms with Gasteiger partial charge in [-0.2, -0.15) is 0 Å². The van der Waals surface area contributed by atoms with E-state index in [4.69, 9.17) is 9.84 Å². The van der Waals surface area contributed by atoms with E-state index in [1.54, 1.807) is 0 Å². The Morgan fingerprint density at radius 1 is 1.33 bits per heavy atom. The van der Waals surface area contributed by atoms with Gasteiger partial charge in [-0.1, -0.05) is 12.8 Å². The highest BCUT2D eigenvalue weighted by atomic mass is 16.5. The van der Waals surface area contributed by atoms with Gasteiger partial charge in [-0.3, -0.25) is 0 Å². The Bertz CT molecular complexity index is 176. The molecular formula is C9H14O3. The van der Waals surface area contributed by atoms with Gasteiger partial charge in [0.2, 0.25) is 0 Å². The summed E-state index contributed by atoms with van der Waals surface area (Å²) in [5.74, 6) is -0.260. The molecular weight excluding hydrogens is 156 g/mol. The number of rotatable bonds is 1. The fraction of sp³-hybridized carbons (Fsp3) is 0.889. The van der Waals surface area contributed by atoms with Gasteiger partial charge in [0.05, 0.1) is 6.10 Å². The fourth-order valence-electron chi connectivity index (χ4n) is 2.32. The number of hydrogen-bond acceptors (Lipinski definition) is 2. The van der Waals surface area contributed by atoms with Crippen molar-refractivity contribution in [3.63, 3.8) is 0 Å². The zero-order valence-electron chi connectivity index (χ0n) is 7.03. The summed E-state index contributed by atoms with van der Waals surface area (Å²) in [5, 5.41) is 8.74. The molecule has 2 fully saturated rings. The van der Waals surface area contributed by atoms with Gasteiger partial charge in [0.15, 0.2) is 6.10 Å². The van der Waals surface area contributed by atoms with E-state index < -0.39 is 12.1 Å². The maximum Gasteiger partial charge on any atom is 0.332 e. The molecule has 1 N–H and O–H groups in total. The molecule has 2 rings (SSSR count). The van der Waals surface area contributed by atoms with Crippen molar-refractivity contribution in [3.05, 3.63) is 0 Å². The van der Waals surface area contributed by atoms with Gasteiger partial charge in [-0.25, -0.2) is 4.79 Å². The van der Waals surface area contributed by atoms with Crippen LogP contribution in [0, 0.1) is 5.92 Å². The predicted molar refractivity (Wildman–Crippen MR) is 42.9 cm³/mol. The molecule has 0 spiro atoms. The first-order valence-electron chi connectivity index (χ1n) is 4.65. The molecule has 3 unspecified atom stereocenters. The van der Waals surface area contributed by atoms with Crippen molar-refractivity contribution in [1.29, 1.82) is 0 Å². The van der Waals surface area contributed by atoms with Crippen LogP contribution >= 0.6 is 0 Å². The van der Waals surface area contributed by atoms with Crippen LogP contribution in [0.4, 0.5) is 0 Å². The lowest BCUT2D eigenvalue weighted by atomic mass is 9.85. The molecule has 3 nitrogen and oxygen atoms in total. The number of carboxylic acids is 1. The van der Waals surface area contributed by atoms with Gasteiger partial charge < -0.3 is 9.84 Å². The summed E-state index contributed by atoms with van der Waals surface area (Å²) in [6.07, 6.45) is 5.14. The third-order valence-electron chi connectivity index (χ3n) is 2.97. The Kier molecular flexibility index (Phi) is 2.05. The SMILES string of the molecule is O=C(O)C1CC2CCCCC2O1. The molecule has 1 saturated carbocycles. The molecule has 0 aromatic heterocycles. The van der Waals surface area contributed by atoms with Gasteiger partial charge in [0, 0.05) is 0 Å². The predicted octanol–water partition coefficient (Wildman–Crippen LogP) is 1.42. The molecule has 0 aromatic carbocycles. The third kappa shape index (κ3) is 1.33. The number of ether oxygens (including phenoxy) is 1. The number of carboxylic acid groups (broad SMARTS) is 1. The van der Waals surface area contributed by atoms with E-state index in [1.807, 2.05) is 0 Å². The Balaban J connectivity index is 1.98. The minimum absolute atomic E-state index is 0.250. The molecule has 1 aliphatic heterocycles. The van der Waals surface area contributed by atoms with Gasteiger partial charge in [-0.15, -0.1) is 0 Å². The van der Waals surface area contributed by atoms with Gasteiger partial charge >= 0.3 is 5.97 Å². The highest BCUT2D eigenvalue weighted by Gasteiger charge is 2.39. The Morgan fingerprint density at radius 3 is 2.75 bits per heavy atom. The summed E-state index contributed by atoms with van der Waals surface area (Å²) in [6, 6.07) is 0. The second kappa shape index (κ2) is 3.05. The van der Waals surface area contributed by atoms with Crippen molar-refractivity contribution in [2.75, 3.05) is 0 Å². The van der Waals surface area contributed by atoms with Gasteiger partial charge in [0.1, 0.15) is 0 Å². The third-order valence-corrected chi connectivity index (χ3v) is 2.97. The second-order valence-corrected chi connectivity index (χ2v) is 3.78. The number of hydrogen-bond donors (Lipinski definition) is 1. The van der Waals surface area contributed by atoms with Crippen molar-refractivity contribution >= 4 is 5.97 Å². The van der Waals surface area contributed by atoms with Crippen LogP contribution in [-0.2, 0) is 9.53 Å². The second-order valence-electron chi connectivity index (χ2n) is 3.78. The molecule has 68 valence electrons. The molecule has 3 heteroatoms. The zero-order valence-corrected chi connectivity index (χ0v) is 7.03. The van der Waals surface area contributed by atoms with E-state index >= 15 is 0 Å². The molecule has 0 amide bonds. The van der Waals surface area contributed by atoms with Crippen molar-refractivity contribution in [2.24, 2.45) is 5.92 Å². The summed E-state index contributed by atoms with van der Waals surface area (Å²) >= 11 is 0. The van der Waals surface area contributed by atoms with Crippen LogP contribution in [0.3, 0.4) is 0 Å². The van der Waals surface area contributed by atoms with Crippen LogP contribution in [0.2, 0.25) is 0 Å². The summed E-state index contributed by atoms with van der Waals surface area (Å²) in [7, 11) is 0. The van der Waals surface area contributed by atoms with E-state index in [9.17, 15) is 4.79 Å². The Hall–Kier alpha value is -0.570. The highest BCUT2D eigenvalue weighted by molar-refractivity contribution is 5.72. The molecule has 0 radical (unpaired) electrons. The normalized spacial score (nSPS) is 40.8. The lowest BCUT2D eigenvalue weighted by molar-refractivity contribution is -0.149. The molecule has 2 aliphatic rings. The molecule has 0 aromatic rings. The van der Waals surface area contributed by atoms with Crippen LogP contribution in [0.1, 0.15) is 32.1 Å². The average Bonchev–Trinajstić information content (AvgIpc) is 2.46. The summed E-state index contributed by atoms with van der Waals surface area (Å²) in [5.41, 5.74) is 0. The molecule has 0 bridgehead atoms. The van der Waals surface area contributed by atoms with Gasteiger partial charge in [-0.05, 0) is 25.2 Å².